The number of likely N-dealkylation sites (N-methyl/N-ethyl adjacent to an activating group) is 1. The SMILES string of the molecule is CNC(=O)[C@@H](C)N(Cc1ccccc1C)C(=O)CN(c1c(C)cccc1C)S(C)(=O)=O. The number of anilines is 1. The lowest BCUT2D eigenvalue weighted by molar-refractivity contribution is -0.139. The van der Waals surface area contributed by atoms with Gasteiger partial charge >= 0.3 is 0 Å². The molecule has 0 aliphatic rings. The number of hydrogen-bond acceptors (Lipinski definition) is 4. The van der Waals surface area contributed by atoms with Crippen LogP contribution >= 0.6 is 0 Å². The van der Waals surface area contributed by atoms with E-state index in [4.69, 9.17) is 0 Å². The molecule has 0 aliphatic heterocycles. The van der Waals surface area contributed by atoms with Gasteiger partial charge in [-0.25, -0.2) is 8.42 Å². The summed E-state index contributed by atoms with van der Waals surface area (Å²) in [4.78, 5) is 27.2. The molecule has 2 amide bonds. The Morgan fingerprint density at radius 2 is 1.52 bits per heavy atom. The summed E-state index contributed by atoms with van der Waals surface area (Å²) in [6.45, 7) is 7.00. The average molecular weight is 446 g/mol. The van der Waals surface area contributed by atoms with E-state index in [1.807, 2.05) is 63.2 Å². The third-order valence-electron chi connectivity index (χ3n) is 5.38. The third kappa shape index (κ3) is 5.85. The Bertz CT molecular complexity index is 1050. The molecule has 168 valence electrons. The van der Waals surface area contributed by atoms with Crippen LogP contribution in [0.5, 0.6) is 0 Å². The number of rotatable bonds is 8. The lowest BCUT2D eigenvalue weighted by atomic mass is 10.1. The highest BCUT2D eigenvalue weighted by Gasteiger charge is 2.30. The maximum absolute atomic E-state index is 13.4. The van der Waals surface area contributed by atoms with Crippen molar-refractivity contribution in [1.29, 1.82) is 0 Å². The van der Waals surface area contributed by atoms with Gasteiger partial charge in [0.15, 0.2) is 0 Å². The Labute approximate surface area is 185 Å². The van der Waals surface area contributed by atoms with Crippen molar-refractivity contribution in [2.75, 3.05) is 24.2 Å². The largest absolute Gasteiger partial charge is 0.357 e. The minimum Gasteiger partial charge on any atom is -0.357 e. The molecule has 0 bridgehead atoms. The summed E-state index contributed by atoms with van der Waals surface area (Å²) >= 11 is 0. The molecule has 2 aromatic rings. The molecule has 0 saturated heterocycles. The zero-order valence-electron chi connectivity index (χ0n) is 19.0. The molecule has 31 heavy (non-hydrogen) atoms. The smallest absolute Gasteiger partial charge is 0.244 e. The summed E-state index contributed by atoms with van der Waals surface area (Å²) in [6, 6.07) is 12.3. The maximum Gasteiger partial charge on any atom is 0.244 e. The maximum atomic E-state index is 13.4. The zero-order valence-corrected chi connectivity index (χ0v) is 19.8. The Hall–Kier alpha value is -2.87. The monoisotopic (exact) mass is 445 g/mol. The molecule has 0 heterocycles. The summed E-state index contributed by atoms with van der Waals surface area (Å²) in [6.07, 6.45) is 1.08. The van der Waals surface area contributed by atoms with Gasteiger partial charge in [0.2, 0.25) is 21.8 Å². The van der Waals surface area contributed by atoms with Gasteiger partial charge in [-0.05, 0) is 49.9 Å². The molecule has 8 heteroatoms. The van der Waals surface area contributed by atoms with Gasteiger partial charge in [-0.15, -0.1) is 0 Å². The third-order valence-corrected chi connectivity index (χ3v) is 6.50. The number of benzene rings is 2. The molecule has 0 aliphatic carbocycles. The first-order valence-corrected chi connectivity index (χ1v) is 11.9. The van der Waals surface area contributed by atoms with E-state index in [1.165, 1.54) is 11.9 Å². The number of carbonyl (C=O) groups excluding carboxylic acids is 2. The molecule has 1 N–H and O–H groups in total. The summed E-state index contributed by atoms with van der Waals surface area (Å²) in [5, 5.41) is 2.57. The number of carbonyl (C=O) groups is 2. The van der Waals surface area contributed by atoms with Gasteiger partial charge in [0.1, 0.15) is 12.6 Å². The highest BCUT2D eigenvalue weighted by Crippen LogP contribution is 2.27. The Morgan fingerprint density at radius 1 is 0.968 bits per heavy atom. The second-order valence-corrected chi connectivity index (χ2v) is 9.66. The Balaban J connectivity index is 2.46. The van der Waals surface area contributed by atoms with Crippen LogP contribution in [0.1, 0.15) is 29.2 Å². The molecule has 0 aromatic heterocycles. The van der Waals surface area contributed by atoms with Gasteiger partial charge in [0.05, 0.1) is 11.9 Å². The van der Waals surface area contributed by atoms with E-state index in [2.05, 4.69) is 5.32 Å². The van der Waals surface area contributed by atoms with E-state index in [1.54, 1.807) is 6.92 Å². The van der Waals surface area contributed by atoms with Crippen LogP contribution in [0, 0.1) is 20.8 Å². The average Bonchev–Trinajstić information content (AvgIpc) is 2.70. The fraction of sp³-hybridized carbons (Fsp3) is 0.391. The second-order valence-electron chi connectivity index (χ2n) is 7.75. The molecule has 0 spiro atoms. The molecule has 7 nitrogen and oxygen atoms in total. The van der Waals surface area contributed by atoms with Gasteiger partial charge in [-0.2, -0.15) is 0 Å². The second kappa shape index (κ2) is 9.96. The van der Waals surface area contributed by atoms with Crippen molar-refractivity contribution >= 4 is 27.5 Å². The normalized spacial score (nSPS) is 12.2. The first kappa shape index (κ1) is 24.4. The van der Waals surface area contributed by atoms with Gasteiger partial charge in [0.25, 0.3) is 0 Å². The number of sulfonamides is 1. The molecular weight excluding hydrogens is 414 g/mol. The molecule has 0 saturated carbocycles. The number of hydrogen-bond donors (Lipinski definition) is 1. The van der Waals surface area contributed by atoms with Crippen LogP contribution in [-0.4, -0.2) is 51.0 Å². The topological polar surface area (TPSA) is 86.8 Å². The van der Waals surface area contributed by atoms with Crippen molar-refractivity contribution in [3.05, 3.63) is 64.7 Å². The van der Waals surface area contributed by atoms with E-state index in [0.717, 1.165) is 32.8 Å². The van der Waals surface area contributed by atoms with E-state index >= 15 is 0 Å². The number of para-hydroxylation sites is 1. The molecule has 1 atom stereocenters. The minimum absolute atomic E-state index is 0.199. The van der Waals surface area contributed by atoms with Crippen LogP contribution < -0.4 is 9.62 Å². The van der Waals surface area contributed by atoms with Crippen LogP contribution in [0.15, 0.2) is 42.5 Å². The molecular formula is C23H31N3O4S. The summed E-state index contributed by atoms with van der Waals surface area (Å²) in [5.41, 5.74) is 3.87. The van der Waals surface area contributed by atoms with Gasteiger partial charge in [-0.1, -0.05) is 42.5 Å². The van der Waals surface area contributed by atoms with Crippen LogP contribution in [0.25, 0.3) is 0 Å². The molecule has 0 unspecified atom stereocenters. The summed E-state index contributed by atoms with van der Waals surface area (Å²) < 4.78 is 26.4. The van der Waals surface area contributed by atoms with Gasteiger partial charge < -0.3 is 10.2 Å². The standard InChI is InChI=1S/C23H31N3O4S/c1-16-10-7-8-13-20(16)14-25(19(4)23(28)24-5)21(27)15-26(31(6,29)30)22-17(2)11-9-12-18(22)3/h7-13,19H,14-15H2,1-6H3,(H,24,28)/t19-/m1/s1. The number of nitrogens with one attached hydrogen (secondary N) is 1. The highest BCUT2D eigenvalue weighted by molar-refractivity contribution is 7.92. The van der Waals surface area contributed by atoms with Crippen LogP contribution in [0.4, 0.5) is 5.69 Å². The number of aryl methyl sites for hydroxylation is 3. The molecule has 2 rings (SSSR count). The van der Waals surface area contributed by atoms with E-state index in [0.29, 0.717) is 5.69 Å². The van der Waals surface area contributed by atoms with E-state index < -0.39 is 28.5 Å². The van der Waals surface area contributed by atoms with Crippen molar-refractivity contribution in [2.24, 2.45) is 0 Å². The summed E-state index contributed by atoms with van der Waals surface area (Å²) in [7, 11) is -2.23. The van der Waals surface area contributed by atoms with Gasteiger partial charge in [-0.3, -0.25) is 13.9 Å². The van der Waals surface area contributed by atoms with Crippen LogP contribution in [0.3, 0.4) is 0 Å². The van der Waals surface area contributed by atoms with Gasteiger partial charge in [0, 0.05) is 13.6 Å². The van der Waals surface area contributed by atoms with Crippen molar-refractivity contribution in [1.82, 2.24) is 10.2 Å². The molecule has 0 fully saturated rings. The van der Waals surface area contributed by atoms with Crippen molar-refractivity contribution in [2.45, 2.75) is 40.3 Å². The minimum atomic E-state index is -3.74. The lowest BCUT2D eigenvalue weighted by Gasteiger charge is -2.32. The summed E-state index contributed by atoms with van der Waals surface area (Å²) in [5.74, 6) is -0.771. The first-order valence-electron chi connectivity index (χ1n) is 10.1. The van der Waals surface area contributed by atoms with E-state index in [-0.39, 0.29) is 12.5 Å². The Morgan fingerprint density at radius 3 is 2.03 bits per heavy atom. The number of nitrogens with zero attached hydrogens (tertiary/aromatic N) is 2. The predicted molar refractivity (Wildman–Crippen MR) is 123 cm³/mol. The quantitative estimate of drug-likeness (QED) is 0.677. The van der Waals surface area contributed by atoms with Crippen molar-refractivity contribution < 1.29 is 18.0 Å². The fourth-order valence-electron chi connectivity index (χ4n) is 3.54. The predicted octanol–water partition coefficient (Wildman–Crippen LogP) is 2.54. The van der Waals surface area contributed by atoms with Crippen LogP contribution in [-0.2, 0) is 26.2 Å². The van der Waals surface area contributed by atoms with Crippen LogP contribution in [0.2, 0.25) is 0 Å². The van der Waals surface area contributed by atoms with Crippen molar-refractivity contribution in [3.63, 3.8) is 0 Å². The fourth-order valence-corrected chi connectivity index (χ4v) is 4.50. The molecule has 2 aromatic carbocycles. The Kier molecular flexibility index (Phi) is 7.84. The lowest BCUT2D eigenvalue weighted by Crippen LogP contribution is -2.50. The number of amides is 2. The van der Waals surface area contributed by atoms with E-state index in [9.17, 15) is 18.0 Å². The highest BCUT2D eigenvalue weighted by atomic mass is 32.2. The first-order chi connectivity index (χ1) is 14.5. The van der Waals surface area contributed by atoms with Crippen molar-refractivity contribution in [3.8, 4) is 0 Å². The zero-order chi connectivity index (χ0) is 23.3. The molecule has 0 radical (unpaired) electrons.